The first kappa shape index (κ1) is 17.2. The summed E-state index contributed by atoms with van der Waals surface area (Å²) in [5.74, 6) is -0.398. The fraction of sp³-hybridized carbons (Fsp3) is 0.176. The maximum atomic E-state index is 12.9. The highest BCUT2D eigenvalue weighted by atomic mass is 32.2. The molecule has 0 aliphatic heterocycles. The predicted molar refractivity (Wildman–Crippen MR) is 92.8 cm³/mol. The Hall–Kier alpha value is -2.58. The van der Waals surface area contributed by atoms with E-state index in [1.807, 2.05) is 0 Å². The van der Waals surface area contributed by atoms with Gasteiger partial charge in [-0.15, -0.1) is 0 Å². The molecule has 2 aromatic carbocycles. The van der Waals surface area contributed by atoms with E-state index in [0.717, 1.165) is 0 Å². The van der Waals surface area contributed by atoms with Gasteiger partial charge in [-0.1, -0.05) is 24.3 Å². The smallest absolute Gasteiger partial charge is 0.261 e. The molecule has 1 heterocycles. The molecule has 0 radical (unpaired) electrons. The monoisotopic (exact) mass is 361 g/mol. The summed E-state index contributed by atoms with van der Waals surface area (Å²) in [6.45, 7) is -0.111. The maximum absolute atomic E-state index is 12.9. The number of rotatable bonds is 5. The van der Waals surface area contributed by atoms with Gasteiger partial charge in [0.2, 0.25) is 10.0 Å². The fourth-order valence-corrected chi connectivity index (χ4v) is 3.53. The van der Waals surface area contributed by atoms with Crippen molar-refractivity contribution in [2.24, 2.45) is 7.05 Å². The number of halogens is 1. The number of sulfonamides is 1. The Kier molecular flexibility index (Phi) is 4.65. The van der Waals surface area contributed by atoms with E-state index in [0.29, 0.717) is 22.3 Å². The highest BCUT2D eigenvalue weighted by Gasteiger charge is 2.14. The van der Waals surface area contributed by atoms with Gasteiger partial charge < -0.3 is 0 Å². The average molecular weight is 361 g/mol. The Bertz CT molecular complexity index is 1080. The van der Waals surface area contributed by atoms with Crippen LogP contribution in [0.15, 0.2) is 53.3 Å². The Balaban J connectivity index is 1.81. The molecule has 1 N–H and O–H groups in total. The van der Waals surface area contributed by atoms with Gasteiger partial charge in [-0.2, -0.15) is 0 Å². The number of nitrogens with one attached hydrogen (secondary N) is 1. The van der Waals surface area contributed by atoms with Gasteiger partial charge in [0.1, 0.15) is 11.6 Å². The van der Waals surface area contributed by atoms with Crippen molar-refractivity contribution in [2.45, 2.75) is 12.3 Å². The molecule has 0 fully saturated rings. The summed E-state index contributed by atoms with van der Waals surface area (Å²) in [5.41, 5.74) is 0.742. The standard InChI is InChI=1S/C17H16FN3O3S/c1-21-16(20-15-5-3-2-4-14(15)17(21)22)10-19-25(23,24)11-12-6-8-13(18)9-7-12/h2-9,19H,10-11H2,1H3. The number of nitrogens with zero attached hydrogens (tertiary/aromatic N) is 2. The second kappa shape index (κ2) is 6.73. The lowest BCUT2D eigenvalue weighted by atomic mass is 10.2. The van der Waals surface area contributed by atoms with Gasteiger partial charge >= 0.3 is 0 Å². The first-order valence-corrected chi connectivity index (χ1v) is 9.17. The van der Waals surface area contributed by atoms with Gasteiger partial charge in [0.15, 0.2) is 0 Å². The molecule has 130 valence electrons. The summed E-state index contributed by atoms with van der Waals surface area (Å²) < 4.78 is 41.0. The van der Waals surface area contributed by atoms with Crippen molar-refractivity contribution in [3.63, 3.8) is 0 Å². The second-order valence-electron chi connectivity index (χ2n) is 5.62. The lowest BCUT2D eigenvalue weighted by Gasteiger charge is -2.11. The highest BCUT2D eigenvalue weighted by molar-refractivity contribution is 7.88. The lowest BCUT2D eigenvalue weighted by molar-refractivity contribution is 0.575. The van der Waals surface area contributed by atoms with Crippen molar-refractivity contribution >= 4 is 20.9 Å². The van der Waals surface area contributed by atoms with Crippen molar-refractivity contribution in [2.75, 3.05) is 0 Å². The van der Waals surface area contributed by atoms with E-state index in [4.69, 9.17) is 0 Å². The minimum Gasteiger partial charge on any atom is -0.298 e. The van der Waals surface area contributed by atoms with Crippen LogP contribution in [0.3, 0.4) is 0 Å². The van der Waals surface area contributed by atoms with Crippen LogP contribution >= 0.6 is 0 Å². The van der Waals surface area contributed by atoms with Crippen LogP contribution in [0.1, 0.15) is 11.4 Å². The van der Waals surface area contributed by atoms with Crippen molar-refractivity contribution in [1.82, 2.24) is 14.3 Å². The quantitative estimate of drug-likeness (QED) is 0.750. The molecule has 1 aromatic heterocycles. The Labute approximate surface area is 144 Å². The first-order chi connectivity index (χ1) is 11.9. The van der Waals surface area contributed by atoms with Crippen LogP contribution in [0.25, 0.3) is 10.9 Å². The fourth-order valence-electron chi connectivity index (χ4n) is 2.45. The largest absolute Gasteiger partial charge is 0.298 e. The molecular formula is C17H16FN3O3S. The Morgan fingerprint density at radius 2 is 1.80 bits per heavy atom. The third-order valence-electron chi connectivity index (χ3n) is 3.80. The summed E-state index contributed by atoms with van der Waals surface area (Å²) >= 11 is 0. The van der Waals surface area contributed by atoms with Crippen molar-refractivity contribution < 1.29 is 12.8 Å². The summed E-state index contributed by atoms with van der Waals surface area (Å²) in [6.07, 6.45) is 0. The summed E-state index contributed by atoms with van der Waals surface area (Å²) in [7, 11) is -2.11. The molecule has 6 nitrogen and oxygen atoms in total. The number of para-hydroxylation sites is 1. The molecular weight excluding hydrogens is 345 g/mol. The van der Waals surface area contributed by atoms with E-state index in [9.17, 15) is 17.6 Å². The molecule has 0 saturated heterocycles. The number of hydrogen-bond donors (Lipinski definition) is 1. The third-order valence-corrected chi connectivity index (χ3v) is 5.09. The maximum Gasteiger partial charge on any atom is 0.261 e. The van der Waals surface area contributed by atoms with Crippen LogP contribution in [0.2, 0.25) is 0 Å². The van der Waals surface area contributed by atoms with Crippen molar-refractivity contribution in [1.29, 1.82) is 0 Å². The van der Waals surface area contributed by atoms with E-state index in [-0.39, 0.29) is 17.9 Å². The summed E-state index contributed by atoms with van der Waals surface area (Å²) in [5, 5.41) is 0.475. The lowest BCUT2D eigenvalue weighted by Crippen LogP contribution is -2.30. The molecule has 0 bridgehead atoms. The molecule has 8 heteroatoms. The molecule has 3 rings (SSSR count). The number of benzene rings is 2. The number of fused-ring (bicyclic) bond motifs is 1. The predicted octanol–water partition coefficient (Wildman–Crippen LogP) is 1.69. The van der Waals surface area contributed by atoms with E-state index >= 15 is 0 Å². The van der Waals surface area contributed by atoms with E-state index in [1.165, 1.54) is 28.8 Å². The van der Waals surface area contributed by atoms with E-state index in [1.54, 1.807) is 31.3 Å². The van der Waals surface area contributed by atoms with Crippen LogP contribution in [-0.4, -0.2) is 18.0 Å². The third kappa shape index (κ3) is 3.92. The first-order valence-electron chi connectivity index (χ1n) is 7.52. The minimum absolute atomic E-state index is 0.111. The molecule has 25 heavy (non-hydrogen) atoms. The summed E-state index contributed by atoms with van der Waals surface area (Å²) in [6, 6.07) is 12.1. The van der Waals surface area contributed by atoms with Crippen LogP contribution < -0.4 is 10.3 Å². The molecule has 0 aliphatic carbocycles. The summed E-state index contributed by atoms with van der Waals surface area (Å²) in [4.78, 5) is 16.7. The van der Waals surface area contributed by atoms with Gasteiger partial charge in [-0.05, 0) is 29.8 Å². The zero-order valence-electron chi connectivity index (χ0n) is 13.4. The Morgan fingerprint density at radius 3 is 2.52 bits per heavy atom. The van der Waals surface area contributed by atoms with E-state index < -0.39 is 15.8 Å². The molecule has 0 atom stereocenters. The average Bonchev–Trinajstić information content (AvgIpc) is 2.59. The van der Waals surface area contributed by atoms with Gasteiger partial charge in [0.05, 0.1) is 23.2 Å². The molecule has 3 aromatic rings. The van der Waals surface area contributed by atoms with Crippen LogP contribution in [-0.2, 0) is 29.4 Å². The normalized spacial score (nSPS) is 11.8. The second-order valence-corrected chi connectivity index (χ2v) is 7.42. The SMILES string of the molecule is Cn1c(CNS(=O)(=O)Cc2ccc(F)cc2)nc2ccccc2c1=O. The zero-order chi connectivity index (χ0) is 18.0. The Morgan fingerprint density at radius 1 is 1.12 bits per heavy atom. The van der Waals surface area contributed by atoms with Crippen LogP contribution in [0, 0.1) is 5.82 Å². The van der Waals surface area contributed by atoms with E-state index in [2.05, 4.69) is 9.71 Å². The van der Waals surface area contributed by atoms with Crippen molar-refractivity contribution in [3.05, 3.63) is 76.1 Å². The number of aromatic nitrogens is 2. The molecule has 0 unspecified atom stereocenters. The highest BCUT2D eigenvalue weighted by Crippen LogP contribution is 2.09. The van der Waals surface area contributed by atoms with Gasteiger partial charge in [0, 0.05) is 7.05 Å². The number of hydrogen-bond acceptors (Lipinski definition) is 4. The van der Waals surface area contributed by atoms with Gasteiger partial charge in [-0.3, -0.25) is 9.36 Å². The molecule has 0 amide bonds. The van der Waals surface area contributed by atoms with Crippen molar-refractivity contribution in [3.8, 4) is 0 Å². The van der Waals surface area contributed by atoms with Gasteiger partial charge in [-0.25, -0.2) is 22.5 Å². The van der Waals surface area contributed by atoms with Gasteiger partial charge in [0.25, 0.3) is 5.56 Å². The zero-order valence-corrected chi connectivity index (χ0v) is 14.3. The topological polar surface area (TPSA) is 81.1 Å². The molecule has 0 aliphatic rings. The van der Waals surface area contributed by atoms with Crippen LogP contribution in [0.4, 0.5) is 4.39 Å². The molecule has 0 spiro atoms. The minimum atomic E-state index is -3.66. The molecule has 0 saturated carbocycles. The van der Waals surface area contributed by atoms with Crippen LogP contribution in [0.5, 0.6) is 0 Å².